The van der Waals surface area contributed by atoms with E-state index in [0.717, 1.165) is 4.90 Å². The van der Waals surface area contributed by atoms with Crippen LogP contribution in [0.1, 0.15) is 20.3 Å². The normalized spacial score (nSPS) is 11.0. The molecule has 1 atom stereocenters. The summed E-state index contributed by atoms with van der Waals surface area (Å²) in [5.41, 5.74) is 0. The molecule has 0 aliphatic heterocycles. The van der Waals surface area contributed by atoms with Crippen molar-refractivity contribution in [2.45, 2.75) is 26.3 Å². The summed E-state index contributed by atoms with van der Waals surface area (Å²) >= 11 is 0. The SMILES string of the molecule is C#CCC(NC(=O)N(CC)CC(=O)OCC)C(=O)O. The van der Waals surface area contributed by atoms with Gasteiger partial charge in [0.25, 0.3) is 0 Å². The van der Waals surface area contributed by atoms with E-state index in [-0.39, 0.29) is 26.1 Å². The zero-order valence-electron chi connectivity index (χ0n) is 11.0. The molecule has 0 saturated carbocycles. The van der Waals surface area contributed by atoms with Crippen LogP contribution in [0.2, 0.25) is 0 Å². The minimum Gasteiger partial charge on any atom is -0.480 e. The van der Waals surface area contributed by atoms with Crippen molar-refractivity contribution in [1.29, 1.82) is 0 Å². The van der Waals surface area contributed by atoms with Gasteiger partial charge in [0, 0.05) is 13.0 Å². The highest BCUT2D eigenvalue weighted by Crippen LogP contribution is 1.96. The van der Waals surface area contributed by atoms with E-state index in [9.17, 15) is 14.4 Å². The monoisotopic (exact) mass is 270 g/mol. The molecular formula is C12H18N2O5. The van der Waals surface area contributed by atoms with Crippen LogP contribution in [0.3, 0.4) is 0 Å². The van der Waals surface area contributed by atoms with Crippen molar-refractivity contribution >= 4 is 18.0 Å². The number of terminal acetylenes is 1. The quantitative estimate of drug-likeness (QED) is 0.503. The summed E-state index contributed by atoms with van der Waals surface area (Å²) in [6.07, 6.45) is 4.89. The Morgan fingerprint density at radius 3 is 2.47 bits per heavy atom. The van der Waals surface area contributed by atoms with Crippen LogP contribution in [0, 0.1) is 12.3 Å². The summed E-state index contributed by atoms with van der Waals surface area (Å²) in [5, 5.41) is 11.1. The fraction of sp³-hybridized carbons (Fsp3) is 0.583. The molecule has 106 valence electrons. The van der Waals surface area contributed by atoms with Gasteiger partial charge in [-0.2, -0.15) is 0 Å². The van der Waals surface area contributed by atoms with Crippen molar-refractivity contribution in [1.82, 2.24) is 10.2 Å². The van der Waals surface area contributed by atoms with E-state index >= 15 is 0 Å². The Kier molecular flexibility index (Phi) is 7.77. The molecule has 0 fully saturated rings. The first-order chi connectivity index (χ1) is 8.96. The molecule has 0 aliphatic carbocycles. The van der Waals surface area contributed by atoms with Crippen LogP contribution < -0.4 is 5.32 Å². The van der Waals surface area contributed by atoms with Gasteiger partial charge in [-0.1, -0.05) is 0 Å². The van der Waals surface area contributed by atoms with Gasteiger partial charge in [-0.15, -0.1) is 12.3 Å². The molecule has 0 rings (SSSR count). The van der Waals surface area contributed by atoms with Crippen LogP contribution in [0.5, 0.6) is 0 Å². The lowest BCUT2D eigenvalue weighted by Crippen LogP contribution is -2.49. The number of carbonyl (C=O) groups excluding carboxylic acids is 2. The molecule has 0 saturated heterocycles. The van der Waals surface area contributed by atoms with Gasteiger partial charge in [0.2, 0.25) is 0 Å². The van der Waals surface area contributed by atoms with Crippen molar-refractivity contribution in [2.24, 2.45) is 0 Å². The topological polar surface area (TPSA) is 95.9 Å². The minimum absolute atomic E-state index is 0.127. The Balaban J connectivity index is 4.54. The molecule has 0 radical (unpaired) electrons. The fourth-order valence-corrected chi connectivity index (χ4v) is 1.25. The second-order valence-corrected chi connectivity index (χ2v) is 3.57. The predicted octanol–water partition coefficient (Wildman–Crippen LogP) is 0.0575. The number of carboxylic acid groups (broad SMARTS) is 1. The molecule has 7 heteroatoms. The molecule has 2 amide bonds. The zero-order valence-corrected chi connectivity index (χ0v) is 11.0. The summed E-state index contributed by atoms with van der Waals surface area (Å²) in [6, 6.07) is -1.84. The first-order valence-electron chi connectivity index (χ1n) is 5.83. The Hall–Kier alpha value is -2.23. The second kappa shape index (κ2) is 8.80. The van der Waals surface area contributed by atoms with E-state index in [1.165, 1.54) is 0 Å². The molecule has 0 aromatic carbocycles. The summed E-state index contributed by atoms with van der Waals surface area (Å²) in [7, 11) is 0. The highest BCUT2D eigenvalue weighted by atomic mass is 16.5. The summed E-state index contributed by atoms with van der Waals surface area (Å²) < 4.78 is 4.72. The van der Waals surface area contributed by atoms with Gasteiger partial charge in [-0.3, -0.25) is 4.79 Å². The van der Waals surface area contributed by atoms with Crippen LogP contribution in [-0.2, 0) is 14.3 Å². The van der Waals surface area contributed by atoms with E-state index in [1.54, 1.807) is 13.8 Å². The lowest BCUT2D eigenvalue weighted by molar-refractivity contribution is -0.143. The van der Waals surface area contributed by atoms with Gasteiger partial charge in [-0.25, -0.2) is 9.59 Å². The number of nitrogens with one attached hydrogen (secondary N) is 1. The molecule has 0 aromatic rings. The molecule has 0 aromatic heterocycles. The third-order valence-electron chi connectivity index (χ3n) is 2.21. The number of carbonyl (C=O) groups is 3. The highest BCUT2D eigenvalue weighted by Gasteiger charge is 2.23. The van der Waals surface area contributed by atoms with Crippen molar-refractivity contribution in [3.05, 3.63) is 0 Å². The van der Waals surface area contributed by atoms with Crippen LogP contribution in [0.25, 0.3) is 0 Å². The van der Waals surface area contributed by atoms with Gasteiger partial charge in [-0.05, 0) is 13.8 Å². The number of carboxylic acids is 1. The third kappa shape index (κ3) is 6.31. The summed E-state index contributed by atoms with van der Waals surface area (Å²) in [4.78, 5) is 35.0. The van der Waals surface area contributed by atoms with Gasteiger partial charge < -0.3 is 20.1 Å². The van der Waals surface area contributed by atoms with Gasteiger partial charge >= 0.3 is 18.0 Å². The number of hydrogen-bond acceptors (Lipinski definition) is 4. The van der Waals surface area contributed by atoms with Crippen LogP contribution in [-0.4, -0.2) is 53.7 Å². The van der Waals surface area contributed by atoms with Gasteiger partial charge in [0.15, 0.2) is 0 Å². The maximum Gasteiger partial charge on any atom is 0.327 e. The lowest BCUT2D eigenvalue weighted by atomic mass is 10.2. The number of amides is 2. The van der Waals surface area contributed by atoms with Crippen molar-refractivity contribution in [2.75, 3.05) is 19.7 Å². The van der Waals surface area contributed by atoms with Crippen LogP contribution >= 0.6 is 0 Å². The average Bonchev–Trinajstić information content (AvgIpc) is 2.35. The van der Waals surface area contributed by atoms with Gasteiger partial charge in [0.05, 0.1) is 6.61 Å². The molecular weight excluding hydrogens is 252 g/mol. The standard InChI is InChI=1S/C12H18N2O5/c1-4-7-9(11(16)17)13-12(18)14(5-2)8-10(15)19-6-3/h1,9H,5-8H2,2-3H3,(H,13,18)(H,16,17). The fourth-order valence-electron chi connectivity index (χ4n) is 1.25. The van der Waals surface area contributed by atoms with E-state index < -0.39 is 24.0 Å². The molecule has 0 bridgehead atoms. The molecule has 0 aliphatic rings. The second-order valence-electron chi connectivity index (χ2n) is 3.57. The van der Waals surface area contributed by atoms with E-state index in [2.05, 4.69) is 11.2 Å². The smallest absolute Gasteiger partial charge is 0.327 e. The number of esters is 1. The number of rotatable bonds is 7. The Bertz CT molecular complexity index is 375. The maximum atomic E-state index is 11.8. The molecule has 0 spiro atoms. The predicted molar refractivity (Wildman–Crippen MR) is 67.3 cm³/mol. The number of likely N-dealkylation sites (N-methyl/N-ethyl adjacent to an activating group) is 1. The maximum absolute atomic E-state index is 11.8. The lowest BCUT2D eigenvalue weighted by Gasteiger charge is -2.22. The summed E-state index contributed by atoms with van der Waals surface area (Å²) in [6.45, 7) is 3.54. The van der Waals surface area contributed by atoms with E-state index in [0.29, 0.717) is 0 Å². The molecule has 19 heavy (non-hydrogen) atoms. The minimum atomic E-state index is -1.22. The molecule has 1 unspecified atom stereocenters. The number of urea groups is 1. The number of hydrogen-bond donors (Lipinski definition) is 2. The molecule has 2 N–H and O–H groups in total. The van der Waals surface area contributed by atoms with E-state index in [1.807, 2.05) is 0 Å². The van der Waals surface area contributed by atoms with Crippen molar-refractivity contribution in [3.8, 4) is 12.3 Å². The molecule has 0 heterocycles. The van der Waals surface area contributed by atoms with Gasteiger partial charge in [0.1, 0.15) is 12.6 Å². The first-order valence-corrected chi connectivity index (χ1v) is 5.83. The Labute approximate surface area is 111 Å². The Morgan fingerprint density at radius 1 is 1.42 bits per heavy atom. The largest absolute Gasteiger partial charge is 0.480 e. The number of nitrogens with zero attached hydrogens (tertiary/aromatic N) is 1. The number of aliphatic carboxylic acids is 1. The summed E-state index contributed by atoms with van der Waals surface area (Å²) in [5.74, 6) is 0.391. The number of ether oxygens (including phenoxy) is 1. The van der Waals surface area contributed by atoms with E-state index in [4.69, 9.17) is 16.3 Å². The van der Waals surface area contributed by atoms with Crippen LogP contribution in [0.15, 0.2) is 0 Å². The third-order valence-corrected chi connectivity index (χ3v) is 2.21. The molecule has 7 nitrogen and oxygen atoms in total. The first kappa shape index (κ1) is 16.8. The van der Waals surface area contributed by atoms with Crippen molar-refractivity contribution in [3.63, 3.8) is 0 Å². The Morgan fingerprint density at radius 2 is 2.05 bits per heavy atom. The van der Waals surface area contributed by atoms with Crippen LogP contribution in [0.4, 0.5) is 4.79 Å². The van der Waals surface area contributed by atoms with Crippen molar-refractivity contribution < 1.29 is 24.2 Å². The average molecular weight is 270 g/mol. The highest BCUT2D eigenvalue weighted by molar-refractivity contribution is 5.85. The zero-order chi connectivity index (χ0) is 14.8.